The number of hydrogen-bond donors (Lipinski definition) is 1. The van der Waals surface area contributed by atoms with Gasteiger partial charge in [0.15, 0.2) is 0 Å². The Morgan fingerprint density at radius 2 is 1.70 bits per heavy atom. The number of hydrogen-bond acceptors (Lipinski definition) is 4. The van der Waals surface area contributed by atoms with Crippen LogP contribution in [0.3, 0.4) is 0 Å². The molecule has 0 aliphatic rings. The highest BCUT2D eigenvalue weighted by Gasteiger charge is 2.16. The van der Waals surface area contributed by atoms with Gasteiger partial charge in [0.2, 0.25) is 5.91 Å². The zero-order valence-electron chi connectivity index (χ0n) is 16.9. The molecule has 1 amide bonds. The van der Waals surface area contributed by atoms with Gasteiger partial charge >= 0.3 is 5.69 Å². The van der Waals surface area contributed by atoms with Crippen molar-refractivity contribution in [1.82, 2.24) is 19.4 Å². The molecule has 0 fully saturated rings. The summed E-state index contributed by atoms with van der Waals surface area (Å²) in [7, 11) is 0. The van der Waals surface area contributed by atoms with E-state index in [1.165, 1.54) is 4.57 Å². The third-order valence-electron chi connectivity index (χ3n) is 4.77. The first-order chi connectivity index (χ1) is 12.8. The first kappa shape index (κ1) is 20.9. The molecule has 0 saturated heterocycles. The maximum atomic E-state index is 12.7. The summed E-state index contributed by atoms with van der Waals surface area (Å²) >= 11 is 0. The Labute approximate surface area is 159 Å². The average molecular weight is 374 g/mol. The van der Waals surface area contributed by atoms with Crippen molar-refractivity contribution in [1.29, 1.82) is 0 Å². The summed E-state index contributed by atoms with van der Waals surface area (Å²) in [5, 5.41) is 3.33. The highest BCUT2D eigenvalue weighted by Crippen LogP contribution is 2.07. The van der Waals surface area contributed by atoms with Gasteiger partial charge in [-0.2, -0.15) is 0 Å². The molecule has 27 heavy (non-hydrogen) atoms. The Kier molecular flexibility index (Phi) is 6.96. The topological polar surface area (TPSA) is 76.3 Å². The lowest BCUT2D eigenvalue weighted by molar-refractivity contribution is -0.121. The minimum Gasteiger partial charge on any atom is -0.353 e. The van der Waals surface area contributed by atoms with Crippen LogP contribution >= 0.6 is 0 Å². The fourth-order valence-electron chi connectivity index (χ4n) is 3.44. The number of aromatic nitrogens is 2. The van der Waals surface area contributed by atoms with E-state index in [1.807, 2.05) is 0 Å². The lowest BCUT2D eigenvalue weighted by Gasteiger charge is -2.30. The molecular formula is C20H30N4O3. The summed E-state index contributed by atoms with van der Waals surface area (Å²) in [6, 6.07) is 7.68. The smallest absolute Gasteiger partial charge is 0.331 e. The zero-order valence-corrected chi connectivity index (χ0v) is 16.9. The molecule has 1 aromatic carbocycles. The van der Waals surface area contributed by atoms with Gasteiger partial charge in [0.25, 0.3) is 5.56 Å². The highest BCUT2D eigenvalue weighted by molar-refractivity contribution is 5.81. The largest absolute Gasteiger partial charge is 0.353 e. The number of carbonyl (C=O) groups is 1. The van der Waals surface area contributed by atoms with Crippen molar-refractivity contribution < 1.29 is 4.79 Å². The van der Waals surface area contributed by atoms with Crippen LogP contribution in [0.5, 0.6) is 0 Å². The summed E-state index contributed by atoms with van der Waals surface area (Å²) in [6.07, 6.45) is 0. The summed E-state index contributed by atoms with van der Waals surface area (Å²) in [6.45, 7) is 11.7. The molecular weight excluding hydrogens is 344 g/mol. The molecule has 0 bridgehead atoms. The van der Waals surface area contributed by atoms with Gasteiger partial charge in [-0.3, -0.25) is 23.6 Å². The van der Waals surface area contributed by atoms with E-state index in [0.29, 0.717) is 29.5 Å². The number of nitrogens with zero attached hydrogens (tertiary/aromatic N) is 3. The number of carbonyl (C=O) groups excluding carboxylic acids is 1. The van der Waals surface area contributed by atoms with E-state index in [9.17, 15) is 14.4 Å². The van der Waals surface area contributed by atoms with Crippen LogP contribution in [0, 0.1) is 0 Å². The Hall–Kier alpha value is -2.41. The molecule has 2 rings (SSSR count). The predicted octanol–water partition coefficient (Wildman–Crippen LogP) is 1.42. The minimum atomic E-state index is -0.456. The Morgan fingerprint density at radius 3 is 2.30 bits per heavy atom. The van der Waals surface area contributed by atoms with Crippen LogP contribution in [-0.4, -0.2) is 45.1 Å². The third kappa shape index (κ3) is 4.66. The quantitative estimate of drug-likeness (QED) is 0.758. The van der Waals surface area contributed by atoms with Gasteiger partial charge in [0.1, 0.15) is 6.54 Å². The molecule has 2 aromatic rings. The Morgan fingerprint density at radius 1 is 1.07 bits per heavy atom. The van der Waals surface area contributed by atoms with Gasteiger partial charge in [0.05, 0.1) is 10.9 Å². The molecule has 0 aliphatic carbocycles. The lowest BCUT2D eigenvalue weighted by atomic mass is 10.2. The average Bonchev–Trinajstić information content (AvgIpc) is 2.62. The van der Waals surface area contributed by atoms with Gasteiger partial charge in [-0.1, -0.05) is 12.1 Å². The van der Waals surface area contributed by atoms with E-state index in [1.54, 1.807) is 31.2 Å². The fourth-order valence-corrected chi connectivity index (χ4v) is 3.44. The van der Waals surface area contributed by atoms with Gasteiger partial charge < -0.3 is 5.32 Å². The van der Waals surface area contributed by atoms with Crippen LogP contribution in [0.25, 0.3) is 10.9 Å². The minimum absolute atomic E-state index is 0.108. The van der Waals surface area contributed by atoms with Crippen molar-refractivity contribution in [2.24, 2.45) is 0 Å². The zero-order chi connectivity index (χ0) is 20.1. The first-order valence-electron chi connectivity index (χ1n) is 9.52. The van der Waals surface area contributed by atoms with E-state index in [0.717, 1.165) is 11.1 Å². The number of para-hydroxylation sites is 1. The monoisotopic (exact) mass is 374 g/mol. The molecule has 1 N–H and O–H groups in total. The van der Waals surface area contributed by atoms with Gasteiger partial charge in [-0.05, 0) is 46.8 Å². The Balaban J connectivity index is 2.20. The number of nitrogens with one attached hydrogen (secondary N) is 1. The molecule has 0 radical (unpaired) electrons. The van der Waals surface area contributed by atoms with E-state index in [4.69, 9.17) is 0 Å². The van der Waals surface area contributed by atoms with Crippen molar-refractivity contribution >= 4 is 16.8 Å². The van der Waals surface area contributed by atoms with Crippen molar-refractivity contribution in [3.8, 4) is 0 Å². The standard InChI is InChI=1S/C20H30N4O3/c1-6-22-19(26)16-9-7-8-10-17(16)24(20(22)27)13-18(25)21-11-12-23(14(2)3)15(4)5/h7-10,14-15H,6,11-13H2,1-5H3,(H,21,25). The number of fused-ring (bicyclic) bond motifs is 1. The number of amides is 1. The molecule has 7 heteroatoms. The second-order valence-corrected chi connectivity index (χ2v) is 7.21. The van der Waals surface area contributed by atoms with E-state index >= 15 is 0 Å². The van der Waals surface area contributed by atoms with Crippen LogP contribution in [0.2, 0.25) is 0 Å². The maximum absolute atomic E-state index is 12.7. The molecule has 0 aliphatic heterocycles. The van der Waals surface area contributed by atoms with Crippen LogP contribution < -0.4 is 16.6 Å². The van der Waals surface area contributed by atoms with Crippen LogP contribution in [0.1, 0.15) is 34.6 Å². The molecule has 1 heterocycles. The maximum Gasteiger partial charge on any atom is 0.331 e. The molecule has 148 valence electrons. The first-order valence-corrected chi connectivity index (χ1v) is 9.52. The molecule has 0 saturated carbocycles. The molecule has 1 aromatic heterocycles. The SMILES string of the molecule is CCn1c(=O)c2ccccc2n(CC(=O)NCCN(C(C)C)C(C)C)c1=O. The molecule has 0 unspecified atom stereocenters. The van der Waals surface area contributed by atoms with Gasteiger partial charge in [-0.25, -0.2) is 4.79 Å². The third-order valence-corrected chi connectivity index (χ3v) is 4.77. The van der Waals surface area contributed by atoms with E-state index < -0.39 is 5.69 Å². The van der Waals surface area contributed by atoms with E-state index in [-0.39, 0.29) is 24.6 Å². The summed E-state index contributed by atoms with van der Waals surface area (Å²) in [5.41, 5.74) is -0.292. The molecule has 0 atom stereocenters. The van der Waals surface area contributed by atoms with Crippen molar-refractivity contribution in [3.63, 3.8) is 0 Å². The van der Waals surface area contributed by atoms with E-state index in [2.05, 4.69) is 37.9 Å². The van der Waals surface area contributed by atoms with Crippen LogP contribution in [0.15, 0.2) is 33.9 Å². The van der Waals surface area contributed by atoms with Crippen LogP contribution in [0.4, 0.5) is 0 Å². The van der Waals surface area contributed by atoms with Crippen molar-refractivity contribution in [3.05, 3.63) is 45.1 Å². The number of benzene rings is 1. The normalized spacial score (nSPS) is 11.7. The highest BCUT2D eigenvalue weighted by atomic mass is 16.2. The van der Waals surface area contributed by atoms with Crippen molar-refractivity contribution in [2.75, 3.05) is 13.1 Å². The summed E-state index contributed by atoms with van der Waals surface area (Å²) in [5.74, 6) is -0.240. The molecule has 0 spiro atoms. The fraction of sp³-hybridized carbons (Fsp3) is 0.550. The molecule has 7 nitrogen and oxygen atoms in total. The van der Waals surface area contributed by atoms with Crippen LogP contribution in [-0.2, 0) is 17.9 Å². The lowest BCUT2D eigenvalue weighted by Crippen LogP contribution is -2.45. The second-order valence-electron chi connectivity index (χ2n) is 7.21. The summed E-state index contributed by atoms with van der Waals surface area (Å²) in [4.78, 5) is 39.8. The Bertz CT molecular complexity index is 904. The summed E-state index contributed by atoms with van der Waals surface area (Å²) < 4.78 is 2.53. The number of rotatable bonds is 8. The predicted molar refractivity (Wildman–Crippen MR) is 108 cm³/mol. The second kappa shape index (κ2) is 8.99. The van der Waals surface area contributed by atoms with Gasteiger partial charge in [0, 0.05) is 31.7 Å². The van der Waals surface area contributed by atoms with Gasteiger partial charge in [-0.15, -0.1) is 0 Å². The van der Waals surface area contributed by atoms with Crippen molar-refractivity contribution in [2.45, 2.75) is 59.8 Å².